The third-order valence-electron chi connectivity index (χ3n) is 5.22. The lowest BCUT2D eigenvalue weighted by molar-refractivity contribution is -0.116. The van der Waals surface area contributed by atoms with Crippen molar-refractivity contribution in [3.05, 3.63) is 95.1 Å². The number of hydrogen-bond acceptors (Lipinski definition) is 6. The van der Waals surface area contributed by atoms with Gasteiger partial charge in [0.1, 0.15) is 5.75 Å². The number of carbonyl (C=O) groups is 4. The average Bonchev–Trinajstić information content (AvgIpc) is 2.87. The van der Waals surface area contributed by atoms with Gasteiger partial charge in [-0.2, -0.15) is 0 Å². The zero-order valence-corrected chi connectivity index (χ0v) is 20.2. The molecule has 0 aromatic heterocycles. The minimum absolute atomic E-state index is 0.0718. The summed E-state index contributed by atoms with van der Waals surface area (Å²) in [4.78, 5) is 48.2. The third-order valence-corrected chi connectivity index (χ3v) is 5.22. The summed E-state index contributed by atoms with van der Waals surface area (Å²) in [6.07, 6.45) is -0.576. The topological polar surface area (TPSA) is 111 Å². The Hall–Kier alpha value is -4.46. The van der Waals surface area contributed by atoms with Crippen molar-refractivity contribution in [2.24, 2.45) is 0 Å². The number of benzene rings is 3. The number of nitrogens with one attached hydrogen (secondary N) is 2. The second kappa shape index (κ2) is 12.9. The molecule has 3 rings (SSSR count). The maximum Gasteiger partial charge on any atom is 0.513 e. The summed E-state index contributed by atoms with van der Waals surface area (Å²) < 4.78 is 9.67. The van der Waals surface area contributed by atoms with E-state index in [1.165, 1.54) is 12.1 Å². The summed E-state index contributed by atoms with van der Waals surface area (Å²) in [6.45, 7) is 4.13. The minimum Gasteiger partial charge on any atom is -0.434 e. The third kappa shape index (κ3) is 8.09. The van der Waals surface area contributed by atoms with E-state index < -0.39 is 6.16 Å². The van der Waals surface area contributed by atoms with Gasteiger partial charge in [0.2, 0.25) is 5.91 Å². The molecular formula is C28H28N2O6. The molecule has 0 saturated heterocycles. The fourth-order valence-electron chi connectivity index (χ4n) is 3.24. The van der Waals surface area contributed by atoms with Crippen LogP contribution in [0.2, 0.25) is 0 Å². The molecule has 8 nitrogen and oxygen atoms in total. The number of rotatable bonds is 10. The highest BCUT2D eigenvalue weighted by molar-refractivity contribution is 6.00. The van der Waals surface area contributed by atoms with Gasteiger partial charge in [-0.3, -0.25) is 14.4 Å². The van der Waals surface area contributed by atoms with Crippen LogP contribution in [-0.4, -0.2) is 30.4 Å². The first kappa shape index (κ1) is 26.2. The first-order chi connectivity index (χ1) is 17.3. The largest absolute Gasteiger partial charge is 0.513 e. The average molecular weight is 489 g/mol. The Kier molecular flexibility index (Phi) is 9.33. The van der Waals surface area contributed by atoms with E-state index in [0.29, 0.717) is 23.4 Å². The number of Topliss-reactive ketones (excluding diaryl/α,β-unsaturated/α-hetero) is 1. The molecule has 0 aliphatic carbocycles. The van der Waals surface area contributed by atoms with Gasteiger partial charge in [0, 0.05) is 36.2 Å². The lowest BCUT2D eigenvalue weighted by Crippen LogP contribution is -2.22. The molecule has 2 amide bonds. The smallest absolute Gasteiger partial charge is 0.434 e. The summed E-state index contributed by atoms with van der Waals surface area (Å²) in [7, 11) is 0. The zero-order chi connectivity index (χ0) is 25.9. The maximum atomic E-state index is 12.4. The molecule has 0 aliphatic rings. The fraction of sp³-hybridized carbons (Fsp3) is 0.214. The van der Waals surface area contributed by atoms with Gasteiger partial charge in [-0.25, -0.2) is 4.79 Å². The second-order valence-corrected chi connectivity index (χ2v) is 8.03. The van der Waals surface area contributed by atoms with Crippen molar-refractivity contribution in [3.63, 3.8) is 0 Å². The van der Waals surface area contributed by atoms with E-state index in [1.807, 2.05) is 19.1 Å². The highest BCUT2D eigenvalue weighted by Crippen LogP contribution is 2.14. The first-order valence-electron chi connectivity index (χ1n) is 11.6. The SMILES string of the molecule is CCOC(=O)Oc1ccc(C(=O)NCc2ccc(NC(=O)CCC(=O)c3ccc(C)cc3)cc2)cc1. The van der Waals surface area contributed by atoms with Gasteiger partial charge < -0.3 is 20.1 Å². The highest BCUT2D eigenvalue weighted by Gasteiger charge is 2.11. The van der Waals surface area contributed by atoms with Crippen LogP contribution in [0, 0.1) is 6.92 Å². The van der Waals surface area contributed by atoms with Crippen molar-refractivity contribution < 1.29 is 28.7 Å². The molecule has 0 saturated carbocycles. The van der Waals surface area contributed by atoms with Gasteiger partial charge in [0.15, 0.2) is 5.78 Å². The van der Waals surface area contributed by atoms with E-state index in [4.69, 9.17) is 9.47 Å². The Morgan fingerprint density at radius 1 is 0.778 bits per heavy atom. The summed E-state index contributed by atoms with van der Waals surface area (Å²) >= 11 is 0. The number of amides is 2. The van der Waals surface area contributed by atoms with Gasteiger partial charge in [0.05, 0.1) is 6.61 Å². The number of hydrogen-bond donors (Lipinski definition) is 2. The molecule has 0 radical (unpaired) electrons. The second-order valence-electron chi connectivity index (χ2n) is 8.03. The molecule has 0 unspecified atom stereocenters. The number of ether oxygens (including phenoxy) is 2. The van der Waals surface area contributed by atoms with Crippen LogP contribution in [-0.2, 0) is 16.1 Å². The molecule has 36 heavy (non-hydrogen) atoms. The predicted molar refractivity (Wildman–Crippen MR) is 135 cm³/mol. The van der Waals surface area contributed by atoms with Crippen molar-refractivity contribution in [1.82, 2.24) is 5.32 Å². The fourth-order valence-corrected chi connectivity index (χ4v) is 3.24. The van der Waals surface area contributed by atoms with Crippen molar-refractivity contribution in [1.29, 1.82) is 0 Å². The summed E-state index contributed by atoms with van der Waals surface area (Å²) in [5.41, 5.74) is 3.54. The van der Waals surface area contributed by atoms with Crippen molar-refractivity contribution in [2.45, 2.75) is 33.2 Å². The summed E-state index contributed by atoms with van der Waals surface area (Å²) in [5, 5.41) is 5.59. The van der Waals surface area contributed by atoms with Crippen LogP contribution in [0.25, 0.3) is 0 Å². The molecule has 3 aromatic rings. The van der Waals surface area contributed by atoms with Crippen molar-refractivity contribution in [2.75, 3.05) is 11.9 Å². The molecule has 0 heterocycles. The molecule has 0 atom stereocenters. The van der Waals surface area contributed by atoms with E-state index in [2.05, 4.69) is 10.6 Å². The Balaban J connectivity index is 1.42. The molecule has 2 N–H and O–H groups in total. The number of aryl methyl sites for hydroxylation is 1. The van der Waals surface area contributed by atoms with Crippen molar-refractivity contribution in [3.8, 4) is 5.75 Å². The Morgan fingerprint density at radius 3 is 2.06 bits per heavy atom. The quantitative estimate of drug-likeness (QED) is 0.234. The van der Waals surface area contributed by atoms with Crippen LogP contribution in [0.4, 0.5) is 10.5 Å². The van der Waals surface area contributed by atoms with Gasteiger partial charge >= 0.3 is 6.16 Å². The van der Waals surface area contributed by atoms with Crippen molar-refractivity contribution >= 4 is 29.4 Å². The normalized spacial score (nSPS) is 10.3. The monoisotopic (exact) mass is 488 g/mol. The van der Waals surface area contributed by atoms with Gasteiger partial charge in [0.25, 0.3) is 5.91 Å². The van der Waals surface area contributed by atoms with E-state index in [1.54, 1.807) is 55.5 Å². The van der Waals surface area contributed by atoms with Crippen LogP contribution in [0.5, 0.6) is 5.75 Å². The van der Waals surface area contributed by atoms with Crippen LogP contribution < -0.4 is 15.4 Å². The van der Waals surface area contributed by atoms with Gasteiger partial charge in [-0.15, -0.1) is 0 Å². The van der Waals surface area contributed by atoms with Crippen LogP contribution >= 0.6 is 0 Å². The molecule has 186 valence electrons. The maximum absolute atomic E-state index is 12.4. The molecule has 0 fully saturated rings. The van der Waals surface area contributed by atoms with Crippen LogP contribution in [0.15, 0.2) is 72.8 Å². The highest BCUT2D eigenvalue weighted by atomic mass is 16.7. The van der Waals surface area contributed by atoms with Gasteiger partial charge in [-0.1, -0.05) is 42.0 Å². The molecule has 0 aliphatic heterocycles. The van der Waals surface area contributed by atoms with E-state index >= 15 is 0 Å². The Morgan fingerprint density at radius 2 is 1.42 bits per heavy atom. The van der Waals surface area contributed by atoms with E-state index in [-0.39, 0.29) is 42.8 Å². The molecular weight excluding hydrogens is 460 g/mol. The molecule has 0 spiro atoms. The number of carbonyl (C=O) groups excluding carboxylic acids is 4. The van der Waals surface area contributed by atoms with Crippen LogP contribution in [0.3, 0.4) is 0 Å². The lowest BCUT2D eigenvalue weighted by atomic mass is 10.0. The lowest BCUT2D eigenvalue weighted by Gasteiger charge is -2.09. The summed E-state index contributed by atoms with van der Waals surface area (Å²) in [6, 6.07) is 20.5. The zero-order valence-electron chi connectivity index (χ0n) is 20.2. The predicted octanol–water partition coefficient (Wildman–Crippen LogP) is 5.06. The molecule has 3 aromatic carbocycles. The van der Waals surface area contributed by atoms with Crippen LogP contribution in [0.1, 0.15) is 51.6 Å². The standard InChI is InChI=1S/C28H28N2O6/c1-3-35-28(34)36-24-14-10-22(11-15-24)27(33)29-18-20-6-12-23(13-7-20)30-26(32)17-16-25(31)21-8-4-19(2)5-9-21/h4-15H,3,16-18H2,1-2H3,(H,29,33)(H,30,32). The summed E-state index contributed by atoms with van der Waals surface area (Å²) in [5.74, 6) is -0.320. The number of anilines is 1. The first-order valence-corrected chi connectivity index (χ1v) is 11.6. The number of ketones is 1. The van der Waals surface area contributed by atoms with E-state index in [0.717, 1.165) is 11.1 Å². The molecule has 8 heteroatoms. The van der Waals surface area contributed by atoms with E-state index in [9.17, 15) is 19.2 Å². The molecule has 0 bridgehead atoms. The Labute approximate surface area is 209 Å². The Bertz CT molecular complexity index is 1200. The van der Waals surface area contributed by atoms with Gasteiger partial charge in [-0.05, 0) is 55.8 Å². The minimum atomic E-state index is -0.801.